The van der Waals surface area contributed by atoms with Gasteiger partial charge < -0.3 is 14.9 Å². The maximum atomic E-state index is 11.7. The maximum absolute atomic E-state index is 11.7. The summed E-state index contributed by atoms with van der Waals surface area (Å²) >= 11 is 0. The second-order valence-electron chi connectivity index (χ2n) is 3.64. The summed E-state index contributed by atoms with van der Waals surface area (Å²) in [6.45, 7) is 5.75. The third kappa shape index (κ3) is 2.56. The first-order valence-electron chi connectivity index (χ1n) is 4.93. The first-order chi connectivity index (χ1) is 7.07. The van der Waals surface area contributed by atoms with Gasteiger partial charge in [0.1, 0.15) is 5.56 Å². The summed E-state index contributed by atoms with van der Waals surface area (Å²) < 4.78 is 5.08. The van der Waals surface area contributed by atoms with Gasteiger partial charge in [-0.1, -0.05) is 19.0 Å². The number of amides is 1. The van der Waals surface area contributed by atoms with Crippen molar-refractivity contribution in [3.63, 3.8) is 0 Å². The highest BCUT2D eigenvalue weighted by molar-refractivity contribution is 5.96. The quantitative estimate of drug-likeness (QED) is 0.775. The molecule has 0 aromatic carbocycles. The maximum Gasteiger partial charge on any atom is 0.256 e. The van der Waals surface area contributed by atoms with Crippen LogP contribution in [0.1, 0.15) is 41.6 Å². The molecule has 1 aromatic rings. The van der Waals surface area contributed by atoms with Crippen molar-refractivity contribution < 1.29 is 14.4 Å². The van der Waals surface area contributed by atoms with Crippen molar-refractivity contribution in [2.45, 2.75) is 26.7 Å². The van der Waals surface area contributed by atoms with Crippen LogP contribution in [-0.2, 0) is 0 Å². The van der Waals surface area contributed by atoms with Crippen LogP contribution in [0.15, 0.2) is 4.52 Å². The van der Waals surface area contributed by atoms with Gasteiger partial charge in [0.05, 0.1) is 12.3 Å². The number of rotatable bonds is 4. The Kier molecular flexibility index (Phi) is 3.85. The Bertz CT molecular complexity index is 344. The number of aliphatic hydroxyl groups excluding tert-OH is 1. The first-order valence-corrected chi connectivity index (χ1v) is 4.93. The van der Waals surface area contributed by atoms with Gasteiger partial charge in [-0.15, -0.1) is 0 Å². The molecule has 0 radical (unpaired) electrons. The van der Waals surface area contributed by atoms with Crippen LogP contribution < -0.4 is 5.32 Å². The summed E-state index contributed by atoms with van der Waals surface area (Å²) in [6.07, 6.45) is 0. The Morgan fingerprint density at radius 2 is 2.27 bits per heavy atom. The normalized spacial score (nSPS) is 10.7. The third-order valence-electron chi connectivity index (χ3n) is 2.04. The lowest BCUT2D eigenvalue weighted by atomic mass is 10.0. The molecule has 0 fully saturated rings. The minimum absolute atomic E-state index is 0.0763. The van der Waals surface area contributed by atoms with E-state index in [0.29, 0.717) is 17.0 Å². The molecule has 0 aliphatic rings. The van der Waals surface area contributed by atoms with Crippen LogP contribution in [0.2, 0.25) is 0 Å². The number of hydrogen-bond donors (Lipinski definition) is 2. The summed E-state index contributed by atoms with van der Waals surface area (Å²) in [5, 5.41) is 15.0. The third-order valence-corrected chi connectivity index (χ3v) is 2.04. The minimum atomic E-state index is -0.244. The number of aryl methyl sites for hydroxylation is 1. The monoisotopic (exact) mass is 212 g/mol. The van der Waals surface area contributed by atoms with Crippen LogP contribution in [-0.4, -0.2) is 29.3 Å². The van der Waals surface area contributed by atoms with E-state index in [4.69, 9.17) is 9.63 Å². The highest BCUT2D eigenvalue weighted by Crippen LogP contribution is 2.21. The fourth-order valence-electron chi connectivity index (χ4n) is 1.32. The van der Waals surface area contributed by atoms with E-state index in [1.807, 2.05) is 13.8 Å². The molecule has 1 aromatic heterocycles. The molecule has 0 saturated carbocycles. The molecule has 0 unspecified atom stereocenters. The lowest BCUT2D eigenvalue weighted by Gasteiger charge is -2.05. The van der Waals surface area contributed by atoms with Gasteiger partial charge in [0.25, 0.3) is 5.91 Å². The standard InChI is InChI=1S/C10H16N2O3/c1-6(2)9-8(7(3)12-15-9)10(14)11-4-5-13/h6,13H,4-5H2,1-3H3,(H,11,14). The molecule has 5 nitrogen and oxygen atoms in total. The molecular formula is C10H16N2O3. The van der Waals surface area contributed by atoms with Gasteiger partial charge in [0, 0.05) is 12.5 Å². The molecule has 0 bridgehead atoms. The van der Waals surface area contributed by atoms with Crippen LogP contribution in [0.5, 0.6) is 0 Å². The Morgan fingerprint density at radius 3 is 2.80 bits per heavy atom. The average Bonchev–Trinajstić information content (AvgIpc) is 2.56. The van der Waals surface area contributed by atoms with E-state index in [1.165, 1.54) is 0 Å². The van der Waals surface area contributed by atoms with Crippen LogP contribution in [0.3, 0.4) is 0 Å². The van der Waals surface area contributed by atoms with Crippen LogP contribution in [0.25, 0.3) is 0 Å². The van der Waals surface area contributed by atoms with Gasteiger partial charge in [0.15, 0.2) is 5.76 Å². The van der Waals surface area contributed by atoms with Gasteiger partial charge in [-0.05, 0) is 6.92 Å². The summed E-state index contributed by atoms with van der Waals surface area (Å²) in [5.41, 5.74) is 1.06. The van der Waals surface area contributed by atoms with Crippen LogP contribution in [0, 0.1) is 6.92 Å². The topological polar surface area (TPSA) is 75.4 Å². The molecule has 1 heterocycles. The van der Waals surface area contributed by atoms with E-state index < -0.39 is 0 Å². The largest absolute Gasteiger partial charge is 0.395 e. The minimum Gasteiger partial charge on any atom is -0.395 e. The van der Waals surface area contributed by atoms with Gasteiger partial charge >= 0.3 is 0 Å². The number of nitrogens with one attached hydrogen (secondary N) is 1. The van der Waals surface area contributed by atoms with E-state index >= 15 is 0 Å². The molecule has 0 spiro atoms. The Morgan fingerprint density at radius 1 is 1.60 bits per heavy atom. The Balaban J connectivity index is 2.91. The summed E-state index contributed by atoms with van der Waals surface area (Å²) in [5.74, 6) is 0.454. The second kappa shape index (κ2) is 4.93. The van der Waals surface area contributed by atoms with E-state index in [9.17, 15) is 4.79 Å². The van der Waals surface area contributed by atoms with E-state index in [1.54, 1.807) is 6.92 Å². The highest BCUT2D eigenvalue weighted by Gasteiger charge is 2.21. The zero-order valence-corrected chi connectivity index (χ0v) is 9.20. The van der Waals surface area contributed by atoms with Crippen molar-refractivity contribution >= 4 is 5.91 Å². The SMILES string of the molecule is Cc1noc(C(C)C)c1C(=O)NCCO. The van der Waals surface area contributed by atoms with Gasteiger partial charge in [-0.25, -0.2) is 0 Å². The predicted octanol–water partition coefficient (Wildman–Crippen LogP) is 0.829. The predicted molar refractivity (Wildman–Crippen MR) is 54.7 cm³/mol. The number of aliphatic hydroxyl groups is 1. The first kappa shape index (κ1) is 11.7. The molecule has 0 aliphatic carbocycles. The van der Waals surface area contributed by atoms with Crippen LogP contribution >= 0.6 is 0 Å². The average molecular weight is 212 g/mol. The molecule has 2 N–H and O–H groups in total. The smallest absolute Gasteiger partial charge is 0.256 e. The number of carbonyl (C=O) groups excluding carboxylic acids is 1. The van der Waals surface area contributed by atoms with Crippen molar-refractivity contribution in [1.82, 2.24) is 10.5 Å². The molecule has 0 atom stereocenters. The number of nitrogens with zero attached hydrogens (tertiary/aromatic N) is 1. The molecule has 1 amide bonds. The summed E-state index contributed by atoms with van der Waals surface area (Å²) in [4.78, 5) is 11.7. The van der Waals surface area contributed by atoms with Crippen LogP contribution in [0.4, 0.5) is 0 Å². The summed E-state index contributed by atoms with van der Waals surface area (Å²) in [7, 11) is 0. The number of hydrogen-bond acceptors (Lipinski definition) is 4. The van der Waals surface area contributed by atoms with E-state index in [2.05, 4.69) is 10.5 Å². The molecule has 0 saturated heterocycles. The Labute approximate surface area is 88.5 Å². The zero-order chi connectivity index (χ0) is 11.4. The fourth-order valence-corrected chi connectivity index (χ4v) is 1.32. The van der Waals surface area contributed by atoms with E-state index in [0.717, 1.165) is 0 Å². The number of aromatic nitrogens is 1. The molecule has 1 rings (SSSR count). The van der Waals surface area contributed by atoms with E-state index in [-0.39, 0.29) is 25.0 Å². The molecule has 84 valence electrons. The molecule has 0 aliphatic heterocycles. The molecular weight excluding hydrogens is 196 g/mol. The van der Waals surface area contributed by atoms with Crippen molar-refractivity contribution in [3.8, 4) is 0 Å². The second-order valence-corrected chi connectivity index (χ2v) is 3.64. The number of carbonyl (C=O) groups is 1. The van der Waals surface area contributed by atoms with Crippen molar-refractivity contribution in [3.05, 3.63) is 17.0 Å². The van der Waals surface area contributed by atoms with Crippen molar-refractivity contribution in [2.75, 3.05) is 13.2 Å². The fraction of sp³-hybridized carbons (Fsp3) is 0.600. The molecule has 5 heteroatoms. The Hall–Kier alpha value is -1.36. The molecule has 15 heavy (non-hydrogen) atoms. The van der Waals surface area contributed by atoms with Crippen molar-refractivity contribution in [2.24, 2.45) is 0 Å². The van der Waals surface area contributed by atoms with Crippen molar-refractivity contribution in [1.29, 1.82) is 0 Å². The summed E-state index contributed by atoms with van der Waals surface area (Å²) in [6, 6.07) is 0. The lowest BCUT2D eigenvalue weighted by molar-refractivity contribution is 0.0941. The lowest BCUT2D eigenvalue weighted by Crippen LogP contribution is -2.27. The van der Waals surface area contributed by atoms with Gasteiger partial charge in [-0.3, -0.25) is 4.79 Å². The highest BCUT2D eigenvalue weighted by atomic mass is 16.5. The zero-order valence-electron chi connectivity index (χ0n) is 9.20. The van der Waals surface area contributed by atoms with Gasteiger partial charge in [-0.2, -0.15) is 0 Å². The van der Waals surface area contributed by atoms with Gasteiger partial charge in [0.2, 0.25) is 0 Å².